The SMILES string of the molecule is CC(NCc1cc(F)ccc1C#N)c1nccs1. The van der Waals surface area contributed by atoms with E-state index in [0.29, 0.717) is 17.7 Å². The maximum atomic E-state index is 13.1. The third-order valence-electron chi connectivity index (χ3n) is 2.61. The zero-order valence-electron chi connectivity index (χ0n) is 9.85. The molecule has 0 saturated heterocycles. The van der Waals surface area contributed by atoms with Gasteiger partial charge in [0.2, 0.25) is 0 Å². The largest absolute Gasteiger partial charge is 0.304 e. The molecule has 1 aromatic carbocycles. The summed E-state index contributed by atoms with van der Waals surface area (Å²) < 4.78 is 13.1. The first-order valence-electron chi connectivity index (χ1n) is 5.52. The summed E-state index contributed by atoms with van der Waals surface area (Å²) in [4.78, 5) is 4.21. The highest BCUT2D eigenvalue weighted by molar-refractivity contribution is 7.09. The Labute approximate surface area is 109 Å². The molecule has 18 heavy (non-hydrogen) atoms. The molecule has 0 aliphatic heterocycles. The fourth-order valence-corrected chi connectivity index (χ4v) is 2.29. The molecule has 1 unspecified atom stereocenters. The Morgan fingerprint density at radius 3 is 3.06 bits per heavy atom. The van der Waals surface area contributed by atoms with Crippen molar-refractivity contribution in [1.29, 1.82) is 5.26 Å². The summed E-state index contributed by atoms with van der Waals surface area (Å²) in [7, 11) is 0. The number of hydrogen-bond donors (Lipinski definition) is 1. The summed E-state index contributed by atoms with van der Waals surface area (Å²) in [6, 6.07) is 6.33. The zero-order valence-corrected chi connectivity index (χ0v) is 10.7. The van der Waals surface area contributed by atoms with E-state index >= 15 is 0 Å². The van der Waals surface area contributed by atoms with Crippen molar-refractivity contribution in [2.45, 2.75) is 19.5 Å². The van der Waals surface area contributed by atoms with E-state index in [4.69, 9.17) is 5.26 Å². The van der Waals surface area contributed by atoms with E-state index in [9.17, 15) is 4.39 Å². The van der Waals surface area contributed by atoms with Gasteiger partial charge in [-0.2, -0.15) is 5.26 Å². The molecule has 92 valence electrons. The Morgan fingerprint density at radius 1 is 1.56 bits per heavy atom. The Balaban J connectivity index is 2.06. The third kappa shape index (κ3) is 2.92. The molecule has 0 saturated carbocycles. The summed E-state index contributed by atoms with van der Waals surface area (Å²) in [6.45, 7) is 2.44. The molecule has 5 heteroatoms. The van der Waals surface area contributed by atoms with Crippen molar-refractivity contribution in [3.8, 4) is 6.07 Å². The van der Waals surface area contributed by atoms with Gasteiger partial charge in [-0.25, -0.2) is 9.37 Å². The van der Waals surface area contributed by atoms with Crippen LogP contribution in [0.4, 0.5) is 4.39 Å². The fourth-order valence-electron chi connectivity index (χ4n) is 1.62. The van der Waals surface area contributed by atoms with Gasteiger partial charge < -0.3 is 5.32 Å². The predicted molar refractivity (Wildman–Crippen MR) is 68.5 cm³/mol. The van der Waals surface area contributed by atoms with Gasteiger partial charge in [0, 0.05) is 18.1 Å². The number of halogens is 1. The van der Waals surface area contributed by atoms with E-state index in [2.05, 4.69) is 16.4 Å². The van der Waals surface area contributed by atoms with Crippen molar-refractivity contribution in [3.63, 3.8) is 0 Å². The van der Waals surface area contributed by atoms with Crippen LogP contribution >= 0.6 is 11.3 Å². The van der Waals surface area contributed by atoms with Gasteiger partial charge in [0.1, 0.15) is 10.8 Å². The maximum Gasteiger partial charge on any atom is 0.123 e. The zero-order chi connectivity index (χ0) is 13.0. The average Bonchev–Trinajstić information content (AvgIpc) is 2.90. The molecule has 1 N–H and O–H groups in total. The summed E-state index contributed by atoms with van der Waals surface area (Å²) in [5.41, 5.74) is 1.16. The highest BCUT2D eigenvalue weighted by Crippen LogP contribution is 2.16. The molecule has 1 aromatic heterocycles. The molecular weight excluding hydrogens is 249 g/mol. The van der Waals surface area contributed by atoms with Crippen LogP contribution in [0.1, 0.15) is 29.1 Å². The van der Waals surface area contributed by atoms with E-state index in [-0.39, 0.29) is 11.9 Å². The van der Waals surface area contributed by atoms with Gasteiger partial charge in [0.15, 0.2) is 0 Å². The minimum atomic E-state index is -0.326. The van der Waals surface area contributed by atoms with Crippen molar-refractivity contribution in [1.82, 2.24) is 10.3 Å². The number of hydrogen-bond acceptors (Lipinski definition) is 4. The molecule has 0 amide bonds. The maximum absolute atomic E-state index is 13.1. The third-order valence-corrected chi connectivity index (χ3v) is 3.57. The van der Waals surface area contributed by atoms with Gasteiger partial charge >= 0.3 is 0 Å². The van der Waals surface area contributed by atoms with Gasteiger partial charge in [0.25, 0.3) is 0 Å². The van der Waals surface area contributed by atoms with Gasteiger partial charge in [-0.15, -0.1) is 11.3 Å². The van der Waals surface area contributed by atoms with Gasteiger partial charge in [-0.05, 0) is 30.7 Å². The average molecular weight is 261 g/mol. The number of nitriles is 1. The van der Waals surface area contributed by atoms with Crippen molar-refractivity contribution in [2.75, 3.05) is 0 Å². The lowest BCUT2D eigenvalue weighted by Crippen LogP contribution is -2.18. The van der Waals surface area contributed by atoms with E-state index < -0.39 is 0 Å². The van der Waals surface area contributed by atoms with Crippen LogP contribution in [0.2, 0.25) is 0 Å². The minimum Gasteiger partial charge on any atom is -0.304 e. The van der Waals surface area contributed by atoms with Crippen molar-refractivity contribution < 1.29 is 4.39 Å². The Bertz CT molecular complexity index is 560. The Kier molecular flexibility index (Phi) is 4.03. The second kappa shape index (κ2) is 5.71. The molecule has 0 fully saturated rings. The number of benzene rings is 1. The molecular formula is C13H12FN3S. The highest BCUT2D eigenvalue weighted by atomic mass is 32.1. The van der Waals surface area contributed by atoms with Crippen LogP contribution in [0, 0.1) is 17.1 Å². The molecule has 0 aliphatic rings. The molecule has 0 radical (unpaired) electrons. The molecule has 2 rings (SSSR count). The van der Waals surface area contributed by atoms with Crippen LogP contribution in [0.5, 0.6) is 0 Å². The standard InChI is InChI=1S/C13H12FN3S/c1-9(13-16-4-5-18-13)17-8-11-6-12(14)3-2-10(11)7-15/h2-6,9,17H,8H2,1H3. The smallest absolute Gasteiger partial charge is 0.123 e. The topological polar surface area (TPSA) is 48.7 Å². The van der Waals surface area contributed by atoms with Crippen LogP contribution in [0.15, 0.2) is 29.8 Å². The molecule has 1 heterocycles. The number of rotatable bonds is 4. The van der Waals surface area contributed by atoms with E-state index in [1.54, 1.807) is 17.5 Å². The predicted octanol–water partition coefficient (Wildman–Crippen LogP) is 3.00. The molecule has 1 atom stereocenters. The first-order valence-corrected chi connectivity index (χ1v) is 6.40. The second-order valence-corrected chi connectivity index (χ2v) is 4.81. The molecule has 2 aromatic rings. The summed E-state index contributed by atoms with van der Waals surface area (Å²) in [5.74, 6) is -0.326. The first-order chi connectivity index (χ1) is 8.70. The van der Waals surface area contributed by atoms with Crippen molar-refractivity contribution in [2.24, 2.45) is 0 Å². The second-order valence-electron chi connectivity index (χ2n) is 3.89. The van der Waals surface area contributed by atoms with Crippen molar-refractivity contribution >= 4 is 11.3 Å². The van der Waals surface area contributed by atoms with Crippen LogP contribution < -0.4 is 5.32 Å². The van der Waals surface area contributed by atoms with Gasteiger partial charge in [0.05, 0.1) is 17.7 Å². The van der Waals surface area contributed by atoms with Crippen LogP contribution in [0.3, 0.4) is 0 Å². The van der Waals surface area contributed by atoms with Crippen LogP contribution in [-0.2, 0) is 6.54 Å². The Hall–Kier alpha value is -1.77. The minimum absolute atomic E-state index is 0.0832. The lowest BCUT2D eigenvalue weighted by atomic mass is 10.1. The number of nitrogens with one attached hydrogen (secondary N) is 1. The summed E-state index contributed by atoms with van der Waals surface area (Å²) in [5, 5.41) is 15.1. The van der Waals surface area contributed by atoms with Crippen LogP contribution in [0.25, 0.3) is 0 Å². The van der Waals surface area contributed by atoms with Gasteiger partial charge in [-0.3, -0.25) is 0 Å². The molecule has 0 bridgehead atoms. The lowest BCUT2D eigenvalue weighted by Gasteiger charge is -2.12. The summed E-state index contributed by atoms with van der Waals surface area (Å²) in [6.07, 6.45) is 1.75. The van der Waals surface area contributed by atoms with E-state index in [1.165, 1.54) is 18.2 Å². The highest BCUT2D eigenvalue weighted by Gasteiger charge is 2.09. The Morgan fingerprint density at radius 2 is 2.39 bits per heavy atom. The van der Waals surface area contributed by atoms with E-state index in [1.807, 2.05) is 12.3 Å². The summed E-state index contributed by atoms with van der Waals surface area (Å²) >= 11 is 1.57. The van der Waals surface area contributed by atoms with Crippen LogP contribution in [-0.4, -0.2) is 4.98 Å². The molecule has 0 aliphatic carbocycles. The normalized spacial score (nSPS) is 12.1. The number of aromatic nitrogens is 1. The first kappa shape index (κ1) is 12.7. The quantitative estimate of drug-likeness (QED) is 0.920. The number of nitrogens with zero attached hydrogens (tertiary/aromatic N) is 2. The molecule has 0 spiro atoms. The van der Waals surface area contributed by atoms with Gasteiger partial charge in [-0.1, -0.05) is 0 Å². The lowest BCUT2D eigenvalue weighted by molar-refractivity contribution is 0.566. The molecule has 3 nitrogen and oxygen atoms in total. The number of thiazole rings is 1. The van der Waals surface area contributed by atoms with Crippen molar-refractivity contribution in [3.05, 3.63) is 51.7 Å². The van der Waals surface area contributed by atoms with E-state index in [0.717, 1.165) is 5.01 Å². The monoisotopic (exact) mass is 261 g/mol. The fraction of sp³-hybridized carbons (Fsp3) is 0.231.